The van der Waals surface area contributed by atoms with Crippen molar-refractivity contribution in [1.82, 2.24) is 9.97 Å². The third-order valence-corrected chi connectivity index (χ3v) is 7.21. The summed E-state index contributed by atoms with van der Waals surface area (Å²) in [5, 5.41) is 3.90. The maximum absolute atomic E-state index is 12.9. The third kappa shape index (κ3) is 5.59. The Labute approximate surface area is 242 Å². The molecule has 6 rings (SSSR count). The van der Waals surface area contributed by atoms with Crippen LogP contribution in [0.25, 0.3) is 22.2 Å². The van der Waals surface area contributed by atoms with Crippen molar-refractivity contribution in [3.8, 4) is 17.0 Å². The molecule has 5 aromatic rings. The molecule has 1 saturated heterocycles. The Balaban J connectivity index is 1.30. The van der Waals surface area contributed by atoms with Crippen molar-refractivity contribution in [2.45, 2.75) is 20.0 Å². The minimum absolute atomic E-state index is 0.0589. The SMILES string of the molecule is CC(=O)c1c(N2CCOCC2)c2ccc(Nc3nccc(-c4ccccc4OC(C)c4ccccc4)n3)cc2oc1=O. The number of aromatic nitrogens is 2. The van der Waals surface area contributed by atoms with E-state index in [1.165, 1.54) is 6.92 Å². The van der Waals surface area contributed by atoms with E-state index in [4.69, 9.17) is 18.9 Å². The van der Waals surface area contributed by atoms with Gasteiger partial charge in [0.05, 0.1) is 24.6 Å². The number of rotatable bonds is 8. The molecule has 1 unspecified atom stereocenters. The second kappa shape index (κ2) is 11.8. The van der Waals surface area contributed by atoms with E-state index in [2.05, 4.69) is 10.3 Å². The van der Waals surface area contributed by atoms with Crippen molar-refractivity contribution in [3.63, 3.8) is 0 Å². The molecule has 1 atom stereocenters. The number of para-hydroxylation sites is 1. The van der Waals surface area contributed by atoms with Crippen molar-refractivity contribution in [1.29, 1.82) is 0 Å². The minimum atomic E-state index is -0.659. The first-order valence-corrected chi connectivity index (χ1v) is 13.8. The average molecular weight is 563 g/mol. The maximum atomic E-state index is 12.9. The second-order valence-electron chi connectivity index (χ2n) is 10.0. The van der Waals surface area contributed by atoms with Crippen LogP contribution >= 0.6 is 0 Å². The molecule has 0 bridgehead atoms. The molecule has 0 saturated carbocycles. The first-order valence-electron chi connectivity index (χ1n) is 13.8. The van der Waals surface area contributed by atoms with Crippen molar-refractivity contribution in [3.05, 3.63) is 107 Å². The Morgan fingerprint density at radius 3 is 2.55 bits per heavy atom. The van der Waals surface area contributed by atoms with Crippen LogP contribution in [0.3, 0.4) is 0 Å². The molecule has 1 fully saturated rings. The normalized spacial score (nSPS) is 14.0. The highest BCUT2D eigenvalue weighted by atomic mass is 16.5. The van der Waals surface area contributed by atoms with Crippen LogP contribution in [0.1, 0.15) is 35.9 Å². The van der Waals surface area contributed by atoms with Gasteiger partial charge in [-0.3, -0.25) is 4.79 Å². The fraction of sp³-hybridized carbons (Fsp3) is 0.212. The van der Waals surface area contributed by atoms with Gasteiger partial charge in [-0.25, -0.2) is 14.8 Å². The molecule has 1 N–H and O–H groups in total. The topological polar surface area (TPSA) is 107 Å². The summed E-state index contributed by atoms with van der Waals surface area (Å²) in [6, 6.07) is 25.1. The fourth-order valence-electron chi connectivity index (χ4n) is 5.15. The van der Waals surface area contributed by atoms with Crippen LogP contribution in [-0.4, -0.2) is 42.1 Å². The molecule has 1 aliphatic rings. The Morgan fingerprint density at radius 1 is 1.00 bits per heavy atom. The van der Waals surface area contributed by atoms with Gasteiger partial charge in [0, 0.05) is 42.0 Å². The average Bonchev–Trinajstić information content (AvgIpc) is 3.01. The lowest BCUT2D eigenvalue weighted by molar-refractivity contribution is 0.101. The largest absolute Gasteiger partial charge is 0.485 e. The highest BCUT2D eigenvalue weighted by Crippen LogP contribution is 2.34. The summed E-state index contributed by atoms with van der Waals surface area (Å²) >= 11 is 0. The van der Waals surface area contributed by atoms with Gasteiger partial charge in [0.25, 0.3) is 0 Å². The number of morpholine rings is 1. The van der Waals surface area contributed by atoms with Gasteiger partial charge in [-0.15, -0.1) is 0 Å². The Bertz CT molecular complexity index is 1800. The molecule has 0 amide bonds. The van der Waals surface area contributed by atoms with Crippen molar-refractivity contribution >= 4 is 34.1 Å². The number of anilines is 3. The van der Waals surface area contributed by atoms with Gasteiger partial charge in [-0.1, -0.05) is 42.5 Å². The molecular formula is C33H30N4O5. The van der Waals surface area contributed by atoms with Crippen LogP contribution in [0.2, 0.25) is 0 Å². The van der Waals surface area contributed by atoms with Gasteiger partial charge in [0.2, 0.25) is 5.95 Å². The lowest BCUT2D eigenvalue weighted by Crippen LogP contribution is -2.38. The first-order chi connectivity index (χ1) is 20.5. The summed E-state index contributed by atoms with van der Waals surface area (Å²) in [6.07, 6.45) is 1.53. The number of Topliss-reactive ketones (excluding diaryl/α,β-unsaturated/α-hetero) is 1. The fourth-order valence-corrected chi connectivity index (χ4v) is 5.15. The van der Waals surface area contributed by atoms with E-state index >= 15 is 0 Å². The number of nitrogens with one attached hydrogen (secondary N) is 1. The smallest absolute Gasteiger partial charge is 0.349 e. The third-order valence-electron chi connectivity index (χ3n) is 7.21. The number of hydrogen-bond donors (Lipinski definition) is 1. The lowest BCUT2D eigenvalue weighted by atomic mass is 10.1. The summed E-state index contributed by atoms with van der Waals surface area (Å²) < 4.78 is 17.4. The molecule has 42 heavy (non-hydrogen) atoms. The van der Waals surface area contributed by atoms with Crippen LogP contribution in [0.15, 0.2) is 94.3 Å². The molecule has 1 aliphatic heterocycles. The van der Waals surface area contributed by atoms with E-state index in [9.17, 15) is 9.59 Å². The molecule has 2 aromatic heterocycles. The molecule has 3 heterocycles. The molecule has 0 aliphatic carbocycles. The quantitative estimate of drug-likeness (QED) is 0.175. The first kappa shape index (κ1) is 27.2. The summed E-state index contributed by atoms with van der Waals surface area (Å²) in [5.41, 5.74) is 3.58. The summed E-state index contributed by atoms with van der Waals surface area (Å²) in [5.74, 6) is 0.749. The molecular weight excluding hydrogens is 532 g/mol. The van der Waals surface area contributed by atoms with Crippen LogP contribution in [0, 0.1) is 0 Å². The van der Waals surface area contributed by atoms with E-state index < -0.39 is 5.63 Å². The van der Waals surface area contributed by atoms with E-state index in [1.807, 2.05) is 84.6 Å². The van der Waals surface area contributed by atoms with Gasteiger partial charge in [0.1, 0.15) is 23.0 Å². The predicted octanol–water partition coefficient (Wildman–Crippen LogP) is 6.17. The minimum Gasteiger partial charge on any atom is -0.485 e. The van der Waals surface area contributed by atoms with Gasteiger partial charge in [-0.05, 0) is 49.7 Å². The standard InChI is InChI=1S/C33H30N4O5/c1-21(38)30-31(37-16-18-40-19-17-37)26-13-12-24(20-29(26)42-32(30)39)35-33-34-15-14-27(36-33)25-10-6-7-11-28(25)41-22(2)23-8-4-3-5-9-23/h3-15,20,22H,16-19H2,1-2H3,(H,34,35,36). The van der Waals surface area contributed by atoms with Gasteiger partial charge in [-0.2, -0.15) is 0 Å². The number of hydrogen-bond acceptors (Lipinski definition) is 9. The van der Waals surface area contributed by atoms with Crippen molar-refractivity contribution in [2.75, 3.05) is 36.5 Å². The molecule has 0 spiro atoms. The zero-order valence-electron chi connectivity index (χ0n) is 23.4. The number of ketones is 1. The number of carbonyl (C=O) groups is 1. The number of benzene rings is 3. The summed E-state index contributed by atoms with van der Waals surface area (Å²) in [7, 11) is 0. The molecule has 0 radical (unpaired) electrons. The highest BCUT2D eigenvalue weighted by molar-refractivity contribution is 6.07. The van der Waals surface area contributed by atoms with E-state index in [1.54, 1.807) is 12.3 Å². The Kier molecular flexibility index (Phi) is 7.66. The number of ether oxygens (including phenoxy) is 2. The molecule has 3 aromatic carbocycles. The summed E-state index contributed by atoms with van der Waals surface area (Å²) in [4.78, 5) is 36.5. The zero-order chi connectivity index (χ0) is 29.1. The van der Waals surface area contributed by atoms with Crippen LogP contribution < -0.4 is 20.6 Å². The zero-order valence-corrected chi connectivity index (χ0v) is 23.4. The summed E-state index contributed by atoms with van der Waals surface area (Å²) in [6.45, 7) is 5.59. The van der Waals surface area contributed by atoms with Gasteiger partial charge >= 0.3 is 5.63 Å². The molecule has 9 nitrogen and oxygen atoms in total. The van der Waals surface area contributed by atoms with Crippen molar-refractivity contribution < 1.29 is 18.7 Å². The Morgan fingerprint density at radius 2 is 1.76 bits per heavy atom. The number of nitrogens with zero attached hydrogens (tertiary/aromatic N) is 3. The van der Waals surface area contributed by atoms with Crippen LogP contribution in [0.5, 0.6) is 5.75 Å². The lowest BCUT2D eigenvalue weighted by Gasteiger charge is -2.30. The van der Waals surface area contributed by atoms with Gasteiger partial charge in [0.15, 0.2) is 5.78 Å². The van der Waals surface area contributed by atoms with E-state index in [0.717, 1.165) is 11.1 Å². The number of carbonyl (C=O) groups excluding carboxylic acids is 1. The second-order valence-corrected chi connectivity index (χ2v) is 10.0. The molecule has 9 heteroatoms. The highest BCUT2D eigenvalue weighted by Gasteiger charge is 2.24. The monoisotopic (exact) mass is 562 g/mol. The van der Waals surface area contributed by atoms with E-state index in [-0.39, 0.29) is 17.5 Å². The molecule has 212 valence electrons. The predicted molar refractivity (Wildman–Crippen MR) is 162 cm³/mol. The van der Waals surface area contributed by atoms with Crippen LogP contribution in [0.4, 0.5) is 17.3 Å². The number of fused-ring (bicyclic) bond motifs is 1. The van der Waals surface area contributed by atoms with Crippen molar-refractivity contribution in [2.24, 2.45) is 0 Å². The van der Waals surface area contributed by atoms with Crippen LogP contribution in [-0.2, 0) is 4.74 Å². The Hall–Kier alpha value is -5.02. The van der Waals surface area contributed by atoms with E-state index in [0.29, 0.717) is 66.0 Å². The van der Waals surface area contributed by atoms with Gasteiger partial charge < -0.3 is 24.1 Å². The maximum Gasteiger partial charge on any atom is 0.349 e.